The lowest BCUT2D eigenvalue weighted by atomic mass is 10.0. The van der Waals surface area contributed by atoms with Gasteiger partial charge in [0.2, 0.25) is 0 Å². The van der Waals surface area contributed by atoms with E-state index in [0.717, 1.165) is 12.1 Å². The lowest BCUT2D eigenvalue weighted by Crippen LogP contribution is -2.10. The van der Waals surface area contributed by atoms with Crippen molar-refractivity contribution >= 4 is 5.69 Å². The molecule has 3 nitrogen and oxygen atoms in total. The molecule has 0 saturated heterocycles. The van der Waals surface area contributed by atoms with E-state index in [2.05, 4.69) is 67.7 Å². The van der Waals surface area contributed by atoms with E-state index in [1.807, 2.05) is 10.9 Å². The van der Waals surface area contributed by atoms with Crippen molar-refractivity contribution in [2.75, 3.05) is 5.32 Å². The van der Waals surface area contributed by atoms with Gasteiger partial charge in [0, 0.05) is 12.2 Å². The van der Waals surface area contributed by atoms with Crippen LogP contribution in [-0.4, -0.2) is 9.78 Å². The molecule has 1 aromatic heterocycles. The largest absolute Gasteiger partial charge is 0.376 e. The number of anilines is 1. The Morgan fingerprint density at radius 3 is 2.52 bits per heavy atom. The zero-order valence-electron chi connectivity index (χ0n) is 13.4. The summed E-state index contributed by atoms with van der Waals surface area (Å²) in [5.74, 6) is 0. The molecule has 0 aliphatic heterocycles. The van der Waals surface area contributed by atoms with Gasteiger partial charge >= 0.3 is 0 Å². The van der Waals surface area contributed by atoms with E-state index < -0.39 is 0 Å². The third-order valence-corrected chi connectivity index (χ3v) is 3.77. The number of hydrogen-bond acceptors (Lipinski definition) is 2. The first-order valence-corrected chi connectivity index (χ1v) is 8.06. The van der Waals surface area contributed by atoms with Crippen LogP contribution in [0.3, 0.4) is 0 Å². The first kappa shape index (κ1) is 15.6. The number of hydrogen-bond donors (Lipinski definition) is 1. The number of nitrogens with one attached hydrogen (secondary N) is 1. The predicted molar refractivity (Wildman–Crippen MR) is 89.6 cm³/mol. The molecule has 3 heteroatoms. The Bertz CT molecular complexity index is 516. The SMILES string of the molecule is CCCCCC(Nc1cnn(C(C)C)c1)c1ccccc1. The zero-order valence-corrected chi connectivity index (χ0v) is 13.4. The Kier molecular flexibility index (Phi) is 5.85. The van der Waals surface area contributed by atoms with Gasteiger partial charge < -0.3 is 5.32 Å². The summed E-state index contributed by atoms with van der Waals surface area (Å²) in [4.78, 5) is 0. The Morgan fingerprint density at radius 2 is 1.90 bits per heavy atom. The van der Waals surface area contributed by atoms with Crippen LogP contribution in [0.25, 0.3) is 0 Å². The zero-order chi connectivity index (χ0) is 15.1. The van der Waals surface area contributed by atoms with Crippen LogP contribution in [0, 0.1) is 0 Å². The van der Waals surface area contributed by atoms with Crippen molar-refractivity contribution in [1.29, 1.82) is 0 Å². The molecule has 1 atom stereocenters. The minimum absolute atomic E-state index is 0.363. The fourth-order valence-corrected chi connectivity index (χ4v) is 2.50. The van der Waals surface area contributed by atoms with E-state index in [1.54, 1.807) is 0 Å². The molecule has 1 N–H and O–H groups in total. The molecule has 21 heavy (non-hydrogen) atoms. The van der Waals surface area contributed by atoms with E-state index in [4.69, 9.17) is 0 Å². The number of aromatic nitrogens is 2. The van der Waals surface area contributed by atoms with E-state index in [-0.39, 0.29) is 0 Å². The second kappa shape index (κ2) is 7.87. The molecule has 1 heterocycles. The molecular weight excluding hydrogens is 258 g/mol. The van der Waals surface area contributed by atoms with Crippen LogP contribution < -0.4 is 5.32 Å². The molecular formula is C18H27N3. The van der Waals surface area contributed by atoms with Crippen molar-refractivity contribution in [3.8, 4) is 0 Å². The Balaban J connectivity index is 2.07. The molecule has 1 unspecified atom stereocenters. The summed E-state index contributed by atoms with van der Waals surface area (Å²) in [6.07, 6.45) is 8.98. The van der Waals surface area contributed by atoms with Gasteiger partial charge in [-0.3, -0.25) is 4.68 Å². The minimum atomic E-state index is 0.363. The second-order valence-corrected chi connectivity index (χ2v) is 5.91. The van der Waals surface area contributed by atoms with Gasteiger partial charge in [-0.25, -0.2) is 0 Å². The van der Waals surface area contributed by atoms with Gasteiger partial charge in [0.05, 0.1) is 17.9 Å². The van der Waals surface area contributed by atoms with Crippen LogP contribution in [0.4, 0.5) is 5.69 Å². The van der Waals surface area contributed by atoms with Gasteiger partial charge in [-0.05, 0) is 25.8 Å². The number of nitrogens with zero attached hydrogens (tertiary/aromatic N) is 2. The molecule has 2 aromatic rings. The molecule has 0 fully saturated rings. The first-order valence-electron chi connectivity index (χ1n) is 8.06. The maximum atomic E-state index is 4.41. The van der Waals surface area contributed by atoms with E-state index in [9.17, 15) is 0 Å². The van der Waals surface area contributed by atoms with Crippen molar-refractivity contribution < 1.29 is 0 Å². The quantitative estimate of drug-likeness (QED) is 0.676. The molecule has 0 bridgehead atoms. The summed E-state index contributed by atoms with van der Waals surface area (Å²) in [5.41, 5.74) is 2.46. The standard InChI is InChI=1S/C18H27N3/c1-4-5-7-12-18(16-10-8-6-9-11-16)20-17-13-19-21(14-17)15(2)3/h6,8-11,13-15,18,20H,4-5,7,12H2,1-3H3. The second-order valence-electron chi connectivity index (χ2n) is 5.91. The fraction of sp³-hybridized carbons (Fsp3) is 0.500. The highest BCUT2D eigenvalue weighted by atomic mass is 15.3. The highest BCUT2D eigenvalue weighted by molar-refractivity contribution is 5.41. The fourth-order valence-electron chi connectivity index (χ4n) is 2.50. The molecule has 114 valence electrons. The number of benzene rings is 1. The monoisotopic (exact) mass is 285 g/mol. The van der Waals surface area contributed by atoms with Gasteiger partial charge in [0.15, 0.2) is 0 Å². The predicted octanol–water partition coefficient (Wildman–Crippen LogP) is 5.20. The van der Waals surface area contributed by atoms with Crippen molar-refractivity contribution in [3.05, 3.63) is 48.3 Å². The summed E-state index contributed by atoms with van der Waals surface area (Å²) < 4.78 is 2.00. The molecule has 0 radical (unpaired) electrons. The molecule has 0 saturated carbocycles. The van der Waals surface area contributed by atoms with E-state index >= 15 is 0 Å². The molecule has 0 spiro atoms. The Morgan fingerprint density at radius 1 is 1.14 bits per heavy atom. The van der Waals surface area contributed by atoms with Crippen molar-refractivity contribution in [2.24, 2.45) is 0 Å². The molecule has 1 aromatic carbocycles. The summed E-state index contributed by atoms with van der Waals surface area (Å²) in [6.45, 7) is 6.54. The first-order chi connectivity index (χ1) is 10.2. The lowest BCUT2D eigenvalue weighted by Gasteiger charge is -2.19. The van der Waals surface area contributed by atoms with E-state index in [1.165, 1.54) is 24.8 Å². The average Bonchev–Trinajstić information content (AvgIpc) is 2.96. The minimum Gasteiger partial charge on any atom is -0.376 e. The van der Waals surface area contributed by atoms with Crippen LogP contribution in [0.1, 0.15) is 64.1 Å². The van der Waals surface area contributed by atoms with E-state index in [0.29, 0.717) is 12.1 Å². The molecule has 0 aliphatic carbocycles. The number of unbranched alkanes of at least 4 members (excludes halogenated alkanes) is 2. The molecule has 0 aliphatic rings. The van der Waals surface area contributed by atoms with Crippen molar-refractivity contribution in [1.82, 2.24) is 9.78 Å². The van der Waals surface area contributed by atoms with Crippen molar-refractivity contribution in [2.45, 2.75) is 58.5 Å². The summed E-state index contributed by atoms with van der Waals surface area (Å²) in [7, 11) is 0. The van der Waals surface area contributed by atoms with Crippen LogP contribution in [0.2, 0.25) is 0 Å². The Hall–Kier alpha value is -1.77. The maximum absolute atomic E-state index is 4.41. The van der Waals surface area contributed by atoms with Crippen LogP contribution >= 0.6 is 0 Å². The summed E-state index contributed by atoms with van der Waals surface area (Å²) in [6, 6.07) is 11.5. The van der Waals surface area contributed by atoms with Crippen LogP contribution in [-0.2, 0) is 0 Å². The normalized spacial score (nSPS) is 12.6. The molecule has 0 amide bonds. The highest BCUT2D eigenvalue weighted by Gasteiger charge is 2.12. The van der Waals surface area contributed by atoms with Gasteiger partial charge in [0.25, 0.3) is 0 Å². The Labute approximate surface area is 128 Å². The van der Waals surface area contributed by atoms with Crippen LogP contribution in [0.15, 0.2) is 42.7 Å². The topological polar surface area (TPSA) is 29.9 Å². The van der Waals surface area contributed by atoms with Gasteiger partial charge in [-0.1, -0.05) is 56.5 Å². The summed E-state index contributed by atoms with van der Waals surface area (Å²) in [5, 5.41) is 8.06. The van der Waals surface area contributed by atoms with Gasteiger partial charge in [0.1, 0.15) is 0 Å². The van der Waals surface area contributed by atoms with Crippen molar-refractivity contribution in [3.63, 3.8) is 0 Å². The molecule has 2 rings (SSSR count). The number of rotatable bonds is 8. The average molecular weight is 285 g/mol. The smallest absolute Gasteiger partial charge is 0.0731 e. The third kappa shape index (κ3) is 4.62. The maximum Gasteiger partial charge on any atom is 0.0731 e. The lowest BCUT2D eigenvalue weighted by molar-refractivity contribution is 0.532. The van der Waals surface area contributed by atoms with Gasteiger partial charge in [-0.15, -0.1) is 0 Å². The van der Waals surface area contributed by atoms with Crippen LogP contribution in [0.5, 0.6) is 0 Å². The highest BCUT2D eigenvalue weighted by Crippen LogP contribution is 2.25. The van der Waals surface area contributed by atoms with Gasteiger partial charge in [-0.2, -0.15) is 5.10 Å². The summed E-state index contributed by atoms with van der Waals surface area (Å²) >= 11 is 0. The third-order valence-electron chi connectivity index (χ3n) is 3.77.